The summed E-state index contributed by atoms with van der Waals surface area (Å²) in [4.78, 5) is 11.4. The SMILES string of the molecule is CCCN1CCC(n2c(C(C)Cl)nc3cnccc32)CC1. The average molecular weight is 307 g/mol. The number of likely N-dealkylation sites (tertiary alicyclic amines) is 1. The number of halogens is 1. The number of nitrogens with zero attached hydrogens (tertiary/aromatic N) is 4. The molecule has 3 rings (SSSR count). The second-order valence-electron chi connectivity index (χ2n) is 5.89. The Morgan fingerprint density at radius 3 is 2.81 bits per heavy atom. The zero-order valence-electron chi connectivity index (χ0n) is 12.8. The number of piperidine rings is 1. The van der Waals surface area contributed by atoms with Crippen molar-refractivity contribution in [3.05, 3.63) is 24.3 Å². The summed E-state index contributed by atoms with van der Waals surface area (Å²) in [5.74, 6) is 0.980. The Bertz CT molecular complexity index is 599. The molecule has 0 aliphatic carbocycles. The first-order valence-electron chi connectivity index (χ1n) is 7.89. The summed E-state index contributed by atoms with van der Waals surface area (Å²) in [7, 11) is 0. The van der Waals surface area contributed by atoms with Crippen molar-refractivity contribution < 1.29 is 0 Å². The Morgan fingerprint density at radius 2 is 2.14 bits per heavy atom. The number of fused-ring (bicyclic) bond motifs is 1. The van der Waals surface area contributed by atoms with E-state index in [4.69, 9.17) is 16.6 Å². The molecule has 114 valence electrons. The lowest BCUT2D eigenvalue weighted by Crippen LogP contribution is -2.35. The van der Waals surface area contributed by atoms with E-state index >= 15 is 0 Å². The van der Waals surface area contributed by atoms with Gasteiger partial charge in [-0.3, -0.25) is 4.98 Å². The van der Waals surface area contributed by atoms with E-state index in [9.17, 15) is 0 Å². The van der Waals surface area contributed by atoms with Gasteiger partial charge in [0.05, 0.1) is 17.1 Å². The van der Waals surface area contributed by atoms with E-state index in [0.717, 1.165) is 11.3 Å². The van der Waals surface area contributed by atoms with Gasteiger partial charge in [0.25, 0.3) is 0 Å². The van der Waals surface area contributed by atoms with Crippen LogP contribution in [0.1, 0.15) is 50.4 Å². The van der Waals surface area contributed by atoms with Crippen LogP contribution in [-0.4, -0.2) is 39.1 Å². The van der Waals surface area contributed by atoms with Crippen molar-refractivity contribution in [2.24, 2.45) is 0 Å². The van der Waals surface area contributed by atoms with E-state index in [2.05, 4.69) is 27.4 Å². The molecule has 1 saturated heterocycles. The van der Waals surface area contributed by atoms with Crippen molar-refractivity contribution in [2.45, 2.75) is 44.5 Å². The van der Waals surface area contributed by atoms with Crippen LogP contribution in [0.2, 0.25) is 0 Å². The lowest BCUT2D eigenvalue weighted by molar-refractivity contribution is 0.187. The van der Waals surface area contributed by atoms with Crippen molar-refractivity contribution in [3.63, 3.8) is 0 Å². The Morgan fingerprint density at radius 1 is 1.38 bits per heavy atom. The highest BCUT2D eigenvalue weighted by Crippen LogP contribution is 2.32. The molecular formula is C16H23ClN4. The second kappa shape index (κ2) is 6.32. The second-order valence-corrected chi connectivity index (χ2v) is 6.55. The van der Waals surface area contributed by atoms with Crippen LogP contribution in [0.4, 0.5) is 0 Å². The van der Waals surface area contributed by atoms with Crippen LogP contribution in [0, 0.1) is 0 Å². The van der Waals surface area contributed by atoms with Crippen LogP contribution < -0.4 is 0 Å². The molecule has 5 heteroatoms. The predicted molar refractivity (Wildman–Crippen MR) is 86.8 cm³/mol. The van der Waals surface area contributed by atoms with Gasteiger partial charge in [-0.15, -0.1) is 11.6 Å². The molecular weight excluding hydrogens is 284 g/mol. The molecule has 2 aromatic heterocycles. The highest BCUT2D eigenvalue weighted by molar-refractivity contribution is 6.20. The molecule has 4 nitrogen and oxygen atoms in total. The minimum absolute atomic E-state index is 0.0777. The fraction of sp³-hybridized carbons (Fsp3) is 0.625. The number of rotatable bonds is 4. The van der Waals surface area contributed by atoms with Crippen LogP contribution in [0.15, 0.2) is 18.5 Å². The highest BCUT2D eigenvalue weighted by atomic mass is 35.5. The van der Waals surface area contributed by atoms with Crippen LogP contribution in [0.25, 0.3) is 11.0 Å². The van der Waals surface area contributed by atoms with Crippen molar-refractivity contribution in [3.8, 4) is 0 Å². The molecule has 2 aromatic rings. The molecule has 1 aliphatic rings. The van der Waals surface area contributed by atoms with E-state index in [1.54, 1.807) is 0 Å². The first kappa shape index (κ1) is 14.8. The molecule has 1 unspecified atom stereocenters. The van der Waals surface area contributed by atoms with E-state index in [0.29, 0.717) is 6.04 Å². The minimum atomic E-state index is -0.0777. The quantitative estimate of drug-likeness (QED) is 0.806. The first-order chi connectivity index (χ1) is 10.2. The summed E-state index contributed by atoms with van der Waals surface area (Å²) in [5.41, 5.74) is 2.12. The van der Waals surface area contributed by atoms with Gasteiger partial charge in [0.2, 0.25) is 0 Å². The van der Waals surface area contributed by atoms with Gasteiger partial charge >= 0.3 is 0 Å². The fourth-order valence-corrected chi connectivity index (χ4v) is 3.50. The monoisotopic (exact) mass is 306 g/mol. The lowest BCUT2D eigenvalue weighted by Gasteiger charge is -2.33. The topological polar surface area (TPSA) is 34.0 Å². The minimum Gasteiger partial charge on any atom is -0.323 e. The van der Waals surface area contributed by atoms with Crippen LogP contribution >= 0.6 is 11.6 Å². The molecule has 1 atom stereocenters. The number of aromatic nitrogens is 3. The molecule has 0 spiro atoms. The predicted octanol–water partition coefficient (Wildman–Crippen LogP) is 3.78. The standard InChI is InChI=1S/C16H23ClN4/c1-3-8-20-9-5-13(6-10-20)21-15-4-7-18-11-14(15)19-16(21)12(2)17/h4,7,11-13H,3,5-6,8-10H2,1-2H3. The lowest BCUT2D eigenvalue weighted by atomic mass is 10.0. The zero-order chi connectivity index (χ0) is 14.8. The van der Waals surface area contributed by atoms with Crippen LogP contribution in [0.5, 0.6) is 0 Å². The Labute approximate surface area is 131 Å². The number of alkyl halides is 1. The third-order valence-electron chi connectivity index (χ3n) is 4.34. The maximum atomic E-state index is 6.36. The number of imidazole rings is 1. The van der Waals surface area contributed by atoms with Crippen molar-refractivity contribution >= 4 is 22.6 Å². The van der Waals surface area contributed by atoms with Gasteiger partial charge in [-0.25, -0.2) is 4.98 Å². The van der Waals surface area contributed by atoms with E-state index in [-0.39, 0.29) is 5.38 Å². The smallest absolute Gasteiger partial charge is 0.128 e. The maximum Gasteiger partial charge on any atom is 0.128 e. The van der Waals surface area contributed by atoms with Gasteiger partial charge < -0.3 is 9.47 Å². The summed E-state index contributed by atoms with van der Waals surface area (Å²) >= 11 is 6.36. The van der Waals surface area contributed by atoms with Gasteiger partial charge in [-0.2, -0.15) is 0 Å². The van der Waals surface area contributed by atoms with Crippen LogP contribution in [-0.2, 0) is 0 Å². The highest BCUT2D eigenvalue weighted by Gasteiger charge is 2.25. The van der Waals surface area contributed by atoms with Crippen molar-refractivity contribution in [1.82, 2.24) is 19.4 Å². The fourth-order valence-electron chi connectivity index (χ4n) is 3.35. The third kappa shape index (κ3) is 2.92. The molecule has 1 fully saturated rings. The maximum absolute atomic E-state index is 6.36. The summed E-state index contributed by atoms with van der Waals surface area (Å²) in [6, 6.07) is 2.56. The number of hydrogen-bond donors (Lipinski definition) is 0. The zero-order valence-corrected chi connectivity index (χ0v) is 13.6. The molecule has 1 aliphatic heterocycles. The summed E-state index contributed by atoms with van der Waals surface area (Å²) in [6.07, 6.45) is 7.25. The van der Waals surface area contributed by atoms with Gasteiger partial charge in [0, 0.05) is 25.3 Å². The molecule has 21 heavy (non-hydrogen) atoms. The molecule has 0 aromatic carbocycles. The molecule has 3 heterocycles. The van der Waals surface area contributed by atoms with Gasteiger partial charge in [-0.05, 0) is 38.8 Å². The largest absolute Gasteiger partial charge is 0.323 e. The van der Waals surface area contributed by atoms with E-state index < -0.39 is 0 Å². The first-order valence-corrected chi connectivity index (χ1v) is 8.32. The van der Waals surface area contributed by atoms with Crippen molar-refractivity contribution in [2.75, 3.05) is 19.6 Å². The Balaban J connectivity index is 1.91. The van der Waals surface area contributed by atoms with Gasteiger partial charge in [0.1, 0.15) is 11.3 Å². The normalized spacial score (nSPS) is 19.2. The number of pyridine rings is 1. The molecule has 0 N–H and O–H groups in total. The summed E-state index contributed by atoms with van der Waals surface area (Å²) in [6.45, 7) is 7.79. The Hall–Kier alpha value is -1.13. The average Bonchev–Trinajstić information content (AvgIpc) is 2.88. The summed E-state index contributed by atoms with van der Waals surface area (Å²) in [5, 5.41) is -0.0777. The van der Waals surface area contributed by atoms with Crippen molar-refractivity contribution in [1.29, 1.82) is 0 Å². The molecule has 0 radical (unpaired) electrons. The van der Waals surface area contributed by atoms with Gasteiger partial charge in [0.15, 0.2) is 0 Å². The number of hydrogen-bond acceptors (Lipinski definition) is 3. The van der Waals surface area contributed by atoms with E-state index in [1.807, 2.05) is 19.3 Å². The molecule has 0 bridgehead atoms. The van der Waals surface area contributed by atoms with E-state index in [1.165, 1.54) is 44.4 Å². The molecule has 0 saturated carbocycles. The Kier molecular flexibility index (Phi) is 4.45. The molecule has 0 amide bonds. The van der Waals surface area contributed by atoms with Gasteiger partial charge in [-0.1, -0.05) is 6.92 Å². The summed E-state index contributed by atoms with van der Waals surface area (Å²) < 4.78 is 2.36. The van der Waals surface area contributed by atoms with Crippen LogP contribution in [0.3, 0.4) is 0 Å². The third-order valence-corrected chi connectivity index (χ3v) is 4.53.